The molecule has 640 valence electrons. The summed E-state index contributed by atoms with van der Waals surface area (Å²) in [5.41, 5.74) is 0. The lowest BCUT2D eigenvalue weighted by Gasteiger charge is -2.64. The van der Waals surface area contributed by atoms with Crippen LogP contribution in [-0.2, 0) is 49.4 Å². The van der Waals surface area contributed by atoms with Crippen LogP contribution in [0, 0.1) is 0 Å². The van der Waals surface area contributed by atoms with Crippen molar-refractivity contribution in [2.24, 2.45) is 0 Å². The van der Waals surface area contributed by atoms with E-state index in [0.29, 0.717) is 96.7 Å². The molecular weight excluding hydrogens is 1700 g/mol. The topological polar surface area (TPSA) is 111 Å². The van der Waals surface area contributed by atoms with Crippen LogP contribution in [0.25, 0.3) is 0 Å². The smallest absolute Gasteiger partial charge is 0.373 e. The molecule has 6 heterocycles. The highest BCUT2D eigenvalue weighted by Gasteiger charge is 2.84. The Morgan fingerprint density at radius 2 is 0.181 bits per heavy atom. The molecule has 0 aromatic carbocycles. The van der Waals surface area contributed by atoms with Crippen LogP contribution in [-0.4, -0.2) is 135 Å². The van der Waals surface area contributed by atoms with Crippen molar-refractivity contribution in [3.63, 3.8) is 0 Å². The van der Waals surface area contributed by atoms with Gasteiger partial charge in [0.25, 0.3) is 0 Å². The van der Waals surface area contributed by atoms with Crippen LogP contribution in [0.4, 0.5) is 0 Å². The van der Waals surface area contributed by atoms with Gasteiger partial charge in [0, 0.05) is 48.4 Å². The third kappa shape index (κ3) is 27.4. The summed E-state index contributed by atoms with van der Waals surface area (Å²) in [6.07, 6.45) is 49.8. The molecule has 6 rings (SSSR count). The second-order valence-electron chi connectivity index (χ2n) is 34.5. The van der Waals surface area contributed by atoms with Crippen molar-refractivity contribution >= 4 is 135 Å². The molecule has 0 saturated carbocycles. The first-order valence-corrected chi connectivity index (χ1v) is 80.7. The van der Waals surface area contributed by atoms with E-state index in [1.165, 1.54) is 0 Å². The van der Waals surface area contributed by atoms with Gasteiger partial charge < -0.3 is 49.4 Å². The standard InChI is InChI=1S/C88H152O12Si16/c1-25-49-101(50-26-2,51-27-3)73-81-109-89-110(82-74-102(52-28-4,53-29-5)54-30-6)92-113(85-77-105(61-37-13,62-38-14)63-39-15)94-111(90-109,83-75-103(55-31-7,56-32-8)57-33-9)96-115(87-79-107(67-43-19,68-44-20)69-45-21)97-112(91-109,84-76-104(58-34-10,59-35-11)60-36-12)95-114(93-110,86-78-106(64-40-16,65-41-17)66-42-18)99-116(98-113,100-115)88-80-108(70-46-22,71-47-23)72-48-24/h25-48H,1-24,49-88H2. The molecule has 0 aromatic heterocycles. The van der Waals surface area contributed by atoms with E-state index in [-0.39, 0.29) is 0 Å². The van der Waals surface area contributed by atoms with Crippen molar-refractivity contribution in [2.75, 3.05) is 0 Å². The first-order chi connectivity index (χ1) is 55.6. The summed E-state index contributed by atoms with van der Waals surface area (Å²) in [5, 5.41) is 0. The van der Waals surface area contributed by atoms with Gasteiger partial charge in [-0.2, -0.15) is 0 Å². The zero-order chi connectivity index (χ0) is 85.7. The number of hydrogen-bond donors (Lipinski definition) is 0. The summed E-state index contributed by atoms with van der Waals surface area (Å²) in [6, 6.07) is 25.8. The van der Waals surface area contributed by atoms with E-state index in [1.807, 2.05) is 0 Å². The van der Waals surface area contributed by atoms with Crippen molar-refractivity contribution in [1.29, 1.82) is 0 Å². The normalized spacial score (nSPS) is 25.2. The molecule has 6 saturated heterocycles. The molecule has 6 fully saturated rings. The molecule has 0 unspecified atom stereocenters. The quantitative estimate of drug-likeness (QED) is 0.0427. The van der Waals surface area contributed by atoms with Crippen LogP contribution in [0.2, 0.25) is 242 Å². The van der Waals surface area contributed by atoms with Crippen molar-refractivity contribution in [1.82, 2.24) is 0 Å². The van der Waals surface area contributed by atoms with Crippen molar-refractivity contribution in [2.45, 2.75) is 242 Å². The van der Waals surface area contributed by atoms with E-state index in [2.05, 4.69) is 304 Å². The highest BCUT2D eigenvalue weighted by molar-refractivity contribution is 7.05. The summed E-state index contributed by atoms with van der Waals surface area (Å²) in [5.74, 6) is 0. The van der Waals surface area contributed by atoms with Gasteiger partial charge >= 0.3 is 70.4 Å². The molecule has 116 heavy (non-hydrogen) atoms. The van der Waals surface area contributed by atoms with E-state index in [0.717, 1.165) is 145 Å². The maximum Gasteiger partial charge on any atom is 0.478 e. The van der Waals surface area contributed by atoms with Crippen molar-refractivity contribution in [3.05, 3.63) is 304 Å². The molecule has 0 N–H and O–H groups in total. The molecular formula is C88H152O12Si16. The van der Waals surface area contributed by atoms with Gasteiger partial charge in [-0.3, -0.25) is 0 Å². The lowest BCUT2D eigenvalue weighted by atomic mass is 10.7. The zero-order valence-electron chi connectivity index (χ0n) is 72.0. The van der Waals surface area contributed by atoms with Gasteiger partial charge in [0.15, 0.2) is 0 Å². The van der Waals surface area contributed by atoms with Crippen LogP contribution in [0.1, 0.15) is 0 Å². The Balaban J connectivity index is 2.42. The molecule has 12 nitrogen and oxygen atoms in total. The molecule has 0 spiro atoms. The number of rotatable bonds is 72. The van der Waals surface area contributed by atoms with Gasteiger partial charge in [-0.15, -0.1) is 158 Å². The second kappa shape index (κ2) is 48.1. The fourth-order valence-corrected chi connectivity index (χ4v) is 116. The summed E-state index contributed by atoms with van der Waals surface area (Å²) in [7, 11) is -59.0. The number of hydrogen-bond acceptors (Lipinski definition) is 12. The number of allylic oxidation sites excluding steroid dienone is 24. The van der Waals surface area contributed by atoms with Crippen LogP contribution in [0.3, 0.4) is 0 Å². The zero-order valence-corrected chi connectivity index (χ0v) is 88.0. The maximum absolute atomic E-state index is 9.10. The fraction of sp³-hybridized carbons (Fsp3) is 0.455. The minimum Gasteiger partial charge on any atom is -0.373 e. The minimum atomic E-state index is -4.77. The molecule has 0 aliphatic carbocycles. The van der Waals surface area contributed by atoms with Gasteiger partial charge in [0.1, 0.15) is 0 Å². The Morgan fingerprint density at radius 1 is 0.121 bits per heavy atom. The van der Waals surface area contributed by atoms with E-state index in [9.17, 15) is 0 Å². The van der Waals surface area contributed by atoms with E-state index in [1.54, 1.807) is 0 Å². The Hall–Kier alpha value is -3.25. The van der Waals surface area contributed by atoms with Crippen LogP contribution < -0.4 is 0 Å². The maximum atomic E-state index is 9.10. The minimum absolute atomic E-state index is 0.300. The summed E-state index contributed by atoms with van der Waals surface area (Å²) in [4.78, 5) is 0. The molecule has 0 atom stereocenters. The Labute approximate surface area is 723 Å². The molecule has 6 aliphatic rings. The first kappa shape index (κ1) is 103. The van der Waals surface area contributed by atoms with Gasteiger partial charge in [-0.1, -0.05) is 194 Å². The lowest BCUT2D eigenvalue weighted by Crippen LogP contribution is -2.88. The Morgan fingerprint density at radius 3 is 0.233 bits per heavy atom. The SMILES string of the molecule is C=CC[Si](CC=C)(CC=C)CC[Si]12O[Si]3(CC[Si](CC=C)(CC=C)CC=C)O[Si]4(CC[Si](CC=C)(CC=C)CC=C)O[Si](CC[Si](CC=C)(CC=C)CC=C)(O1)O[Si]1(CC[Si](CC=C)(CC=C)CC=C)O[Si](CC[Si](CC=C)(CC=C)CC=C)(O2)O[Si](CC[Si](CC=C)(CC=C)CC=C)(O3)O[Si](CC[Si](CC=C)(CC=C)CC=C)(O4)O1. The van der Waals surface area contributed by atoms with Crippen molar-refractivity contribution in [3.8, 4) is 0 Å². The van der Waals surface area contributed by atoms with Gasteiger partial charge in [0.2, 0.25) is 0 Å². The Bertz CT molecular complexity index is 2520. The van der Waals surface area contributed by atoms with Crippen molar-refractivity contribution < 1.29 is 49.4 Å². The second-order valence-corrected chi connectivity index (χ2v) is 97.0. The lowest BCUT2D eigenvalue weighted by molar-refractivity contribution is -0.0287. The fourth-order valence-electron chi connectivity index (χ4n) is 19.7. The summed E-state index contributed by atoms with van der Waals surface area (Å²) < 4.78 is 109. The van der Waals surface area contributed by atoms with E-state index >= 15 is 0 Å². The third-order valence-corrected chi connectivity index (χ3v) is 104. The summed E-state index contributed by atoms with van der Waals surface area (Å²) in [6.45, 7) is 107. The molecule has 0 radical (unpaired) electrons. The van der Waals surface area contributed by atoms with Crippen LogP contribution in [0.15, 0.2) is 304 Å². The summed E-state index contributed by atoms with van der Waals surface area (Å²) >= 11 is 0. The highest BCUT2D eigenvalue weighted by Crippen LogP contribution is 2.59. The van der Waals surface area contributed by atoms with Crippen LogP contribution >= 0.6 is 0 Å². The van der Waals surface area contributed by atoms with Crippen LogP contribution in [0.5, 0.6) is 0 Å². The van der Waals surface area contributed by atoms with E-state index in [4.69, 9.17) is 49.4 Å². The third-order valence-electron chi connectivity index (χ3n) is 25.3. The van der Waals surface area contributed by atoms with Gasteiger partial charge in [-0.25, -0.2) is 0 Å². The predicted octanol–water partition coefficient (Wildman–Crippen LogP) is 27.8. The molecule has 6 aliphatic heterocycles. The molecule has 8 bridgehead atoms. The molecule has 28 heteroatoms. The Kier molecular flexibility index (Phi) is 42.9. The highest BCUT2D eigenvalue weighted by atomic mass is 28.6. The molecule has 0 amide bonds. The average molecular weight is 1850 g/mol. The average Bonchev–Trinajstić information content (AvgIpc) is 0.683. The monoisotopic (exact) mass is 1850 g/mol. The van der Waals surface area contributed by atoms with Gasteiger partial charge in [0.05, 0.1) is 64.6 Å². The predicted molar refractivity (Wildman–Crippen MR) is 542 cm³/mol. The largest absolute Gasteiger partial charge is 0.478 e. The van der Waals surface area contributed by atoms with Gasteiger partial charge in [-0.05, 0) is 145 Å². The van der Waals surface area contributed by atoms with E-state index < -0.39 is 135 Å². The molecule has 0 aromatic rings. The first-order valence-electron chi connectivity index (χ1n) is 42.6.